The maximum Gasteiger partial charge on any atom is 0.255 e. The van der Waals surface area contributed by atoms with Crippen molar-refractivity contribution >= 4 is 76.3 Å². The van der Waals surface area contributed by atoms with Crippen molar-refractivity contribution in [2.24, 2.45) is 17.8 Å². The number of benzene rings is 3. The van der Waals surface area contributed by atoms with Gasteiger partial charge in [-0.25, -0.2) is 4.98 Å². The summed E-state index contributed by atoms with van der Waals surface area (Å²) in [6.45, 7) is 11.2. The minimum atomic E-state index is -2.54. The number of hydrogen-bond acceptors (Lipinski definition) is 12. The number of aromatic nitrogens is 2. The summed E-state index contributed by atoms with van der Waals surface area (Å²) >= 11 is 6.50. The van der Waals surface area contributed by atoms with Gasteiger partial charge in [-0.05, 0) is 107 Å². The molecule has 0 saturated carbocycles. The van der Waals surface area contributed by atoms with E-state index in [-0.39, 0.29) is 24.1 Å². The number of halogens is 1. The molecule has 5 aliphatic heterocycles. The third-order valence-corrected chi connectivity index (χ3v) is 15.3. The Labute approximate surface area is 368 Å². The van der Waals surface area contributed by atoms with Gasteiger partial charge in [-0.2, -0.15) is 4.98 Å². The number of fused-ring (bicyclic) bond motifs is 1. The van der Waals surface area contributed by atoms with E-state index in [1.165, 1.54) is 25.7 Å². The second-order valence-electron chi connectivity index (χ2n) is 17.8. The number of methoxy groups -OCH3 is 1. The minimum absolute atomic E-state index is 0.119. The lowest BCUT2D eigenvalue weighted by Crippen LogP contribution is -2.53. The van der Waals surface area contributed by atoms with Crippen molar-refractivity contribution in [1.29, 1.82) is 0 Å². The van der Waals surface area contributed by atoms with E-state index in [1.54, 1.807) is 31.5 Å². The van der Waals surface area contributed by atoms with Gasteiger partial charge in [0.15, 0.2) is 5.82 Å². The van der Waals surface area contributed by atoms with E-state index in [9.17, 15) is 18.9 Å². The molecule has 16 heteroatoms. The second kappa shape index (κ2) is 17.5. The van der Waals surface area contributed by atoms with Crippen molar-refractivity contribution in [1.82, 2.24) is 25.1 Å². The van der Waals surface area contributed by atoms with Crippen molar-refractivity contribution in [3.05, 3.63) is 83.0 Å². The fraction of sp³-hybridized carbons (Fsp3) is 0.457. The molecule has 6 heterocycles. The van der Waals surface area contributed by atoms with Crippen LogP contribution in [0, 0.1) is 17.8 Å². The average molecular weight is 880 g/mol. The maximum absolute atomic E-state index is 13.3. The van der Waals surface area contributed by atoms with Crippen LogP contribution in [-0.2, 0) is 20.7 Å². The number of hydrogen-bond donors (Lipinski definition) is 3. The summed E-state index contributed by atoms with van der Waals surface area (Å²) in [6.07, 6.45) is 7.02. The molecule has 3 N–H and O–H groups in total. The molecule has 9 rings (SSSR count). The van der Waals surface area contributed by atoms with Gasteiger partial charge in [0.25, 0.3) is 5.91 Å². The van der Waals surface area contributed by atoms with Gasteiger partial charge in [0, 0.05) is 85.5 Å². The summed E-state index contributed by atoms with van der Waals surface area (Å²) in [5.74, 6) is 2.78. The Balaban J connectivity index is 0.735. The molecule has 14 nitrogen and oxygen atoms in total. The van der Waals surface area contributed by atoms with Crippen LogP contribution in [0.25, 0.3) is 0 Å². The molecule has 326 valence electrons. The number of ether oxygens (including phenoxy) is 1. The SMILES string of the molecule is COc1cc(N2CCC(C3CCN(CC4CN(c5cccc6c5CN(C5CCC(=O)NC5=O)C6=O)C4)CC3)CC2)ccc1Nc1ncc(Cl)c(Nc2ccccc2P(C)(C)=O)n1. The van der Waals surface area contributed by atoms with Gasteiger partial charge in [0.05, 0.1) is 24.7 Å². The number of likely N-dealkylation sites (tertiary alicyclic amines) is 1. The number of piperidine rings is 3. The van der Waals surface area contributed by atoms with Crippen molar-refractivity contribution < 1.29 is 23.7 Å². The maximum atomic E-state index is 13.3. The summed E-state index contributed by atoms with van der Waals surface area (Å²) in [5.41, 5.74) is 5.34. The molecule has 5 aliphatic rings. The molecule has 0 aliphatic carbocycles. The van der Waals surface area contributed by atoms with Gasteiger partial charge in [-0.15, -0.1) is 0 Å². The number of para-hydroxylation sites is 1. The Hall–Kier alpha value is -5.17. The average Bonchev–Trinajstić information content (AvgIpc) is 3.59. The van der Waals surface area contributed by atoms with Crippen molar-refractivity contribution in [3.63, 3.8) is 0 Å². The van der Waals surface area contributed by atoms with E-state index >= 15 is 0 Å². The lowest BCUT2D eigenvalue weighted by molar-refractivity contribution is -0.136. The monoisotopic (exact) mass is 879 g/mol. The molecule has 1 unspecified atom stereocenters. The van der Waals surface area contributed by atoms with E-state index in [4.69, 9.17) is 16.3 Å². The fourth-order valence-corrected chi connectivity index (χ4v) is 11.4. The quantitative estimate of drug-likeness (QED) is 0.103. The van der Waals surface area contributed by atoms with Gasteiger partial charge in [-0.1, -0.05) is 29.8 Å². The number of nitrogens with zero attached hydrogens (tertiary/aromatic N) is 6. The largest absolute Gasteiger partial charge is 0.494 e. The summed E-state index contributed by atoms with van der Waals surface area (Å²) in [4.78, 5) is 55.8. The van der Waals surface area contributed by atoms with E-state index in [0.717, 1.165) is 85.6 Å². The number of carbonyl (C=O) groups excluding carboxylic acids is 3. The van der Waals surface area contributed by atoms with Crippen LogP contribution in [0.4, 0.5) is 34.5 Å². The van der Waals surface area contributed by atoms with E-state index in [0.29, 0.717) is 52.7 Å². The fourth-order valence-electron chi connectivity index (χ4n) is 10.1. The van der Waals surface area contributed by atoms with Crippen LogP contribution in [0.1, 0.15) is 54.4 Å². The van der Waals surface area contributed by atoms with Crippen LogP contribution in [0.5, 0.6) is 5.75 Å². The molecule has 4 aromatic rings. The van der Waals surface area contributed by atoms with Crippen molar-refractivity contribution in [2.75, 3.05) is 86.7 Å². The van der Waals surface area contributed by atoms with Crippen LogP contribution in [0.3, 0.4) is 0 Å². The Bertz CT molecular complexity index is 2410. The lowest BCUT2D eigenvalue weighted by Gasteiger charge is -2.46. The number of anilines is 6. The first-order chi connectivity index (χ1) is 29.9. The lowest BCUT2D eigenvalue weighted by atomic mass is 9.78. The van der Waals surface area contributed by atoms with Crippen LogP contribution in [0.15, 0.2) is 66.9 Å². The van der Waals surface area contributed by atoms with E-state index in [2.05, 4.69) is 58.8 Å². The first-order valence-corrected chi connectivity index (χ1v) is 24.8. The van der Waals surface area contributed by atoms with E-state index in [1.807, 2.05) is 42.5 Å². The van der Waals surface area contributed by atoms with E-state index < -0.39 is 13.2 Å². The molecule has 0 bridgehead atoms. The first-order valence-electron chi connectivity index (χ1n) is 21.8. The van der Waals surface area contributed by atoms with Gasteiger partial charge in [-0.3, -0.25) is 19.7 Å². The zero-order chi connectivity index (χ0) is 43.1. The molecule has 0 spiro atoms. The molecule has 4 fully saturated rings. The number of rotatable bonds is 12. The summed E-state index contributed by atoms with van der Waals surface area (Å²) in [7, 11) is -0.875. The highest BCUT2D eigenvalue weighted by Crippen LogP contribution is 2.41. The Morgan fingerprint density at radius 1 is 0.871 bits per heavy atom. The molecule has 62 heavy (non-hydrogen) atoms. The molecule has 0 radical (unpaired) electrons. The van der Waals surface area contributed by atoms with Gasteiger partial charge >= 0.3 is 0 Å². The van der Waals surface area contributed by atoms with Crippen molar-refractivity contribution in [2.45, 2.75) is 51.1 Å². The minimum Gasteiger partial charge on any atom is -0.494 e. The highest BCUT2D eigenvalue weighted by atomic mass is 35.5. The van der Waals surface area contributed by atoms with Gasteiger partial charge in [0.2, 0.25) is 17.8 Å². The zero-order valence-corrected chi connectivity index (χ0v) is 37.3. The second-order valence-corrected chi connectivity index (χ2v) is 21.4. The summed E-state index contributed by atoms with van der Waals surface area (Å²) in [5, 5.41) is 10.0. The Morgan fingerprint density at radius 3 is 2.34 bits per heavy atom. The molecule has 1 atom stereocenters. The first kappa shape index (κ1) is 42.1. The van der Waals surface area contributed by atoms with Gasteiger partial charge in [0.1, 0.15) is 24.0 Å². The summed E-state index contributed by atoms with van der Waals surface area (Å²) in [6, 6.07) is 19.0. The standard InChI is InChI=1S/C46H55ClN9O5P/c1-61-40-23-32(11-12-36(40)50-46-48-24-35(47)43(52-46)49-37-8-4-5-10-41(37)62(2,3)60)54-21-17-31(18-22-54)30-15-19-53(20-16-30)25-29-26-55(27-29)38-9-6-7-33-34(38)28-56(45(33)59)39-13-14-42(57)51-44(39)58/h4-12,23-24,29-31,39H,13-22,25-28H2,1-3H3,(H,51,57,58)(H2,48,49,50,52). The molecule has 3 aromatic carbocycles. The van der Waals surface area contributed by atoms with Crippen LogP contribution >= 0.6 is 18.7 Å². The topological polar surface area (TPSA) is 152 Å². The third-order valence-electron chi connectivity index (χ3n) is 13.5. The molecule has 1 aromatic heterocycles. The summed E-state index contributed by atoms with van der Waals surface area (Å²) < 4.78 is 18.8. The molecule has 3 amide bonds. The molecule has 4 saturated heterocycles. The Morgan fingerprint density at radius 2 is 1.61 bits per heavy atom. The number of nitrogens with one attached hydrogen (secondary N) is 3. The van der Waals surface area contributed by atoms with Crippen LogP contribution in [0.2, 0.25) is 5.02 Å². The predicted octanol–water partition coefficient (Wildman–Crippen LogP) is 6.70. The van der Waals surface area contributed by atoms with Crippen molar-refractivity contribution in [3.8, 4) is 5.75 Å². The molecular formula is C46H55ClN9O5P. The molecular weight excluding hydrogens is 825 g/mol. The van der Waals surface area contributed by atoms with Crippen LogP contribution in [-0.4, -0.2) is 110 Å². The predicted molar refractivity (Wildman–Crippen MR) is 244 cm³/mol. The van der Waals surface area contributed by atoms with Crippen LogP contribution < -0.4 is 35.8 Å². The zero-order valence-electron chi connectivity index (χ0n) is 35.6. The highest BCUT2D eigenvalue weighted by molar-refractivity contribution is 7.70. The number of imide groups is 1. The number of carbonyl (C=O) groups is 3. The number of amides is 3. The Kier molecular flexibility index (Phi) is 11.9. The third kappa shape index (κ3) is 8.74. The normalized spacial score (nSPS) is 20.5. The smallest absolute Gasteiger partial charge is 0.255 e. The highest BCUT2D eigenvalue weighted by Gasteiger charge is 2.42. The van der Waals surface area contributed by atoms with Gasteiger partial charge < -0.3 is 39.5 Å².